The highest BCUT2D eigenvalue weighted by atomic mass is 16.5. The second-order valence-corrected chi connectivity index (χ2v) is 4.75. The number of H-pyrrole nitrogens is 1. The van der Waals surface area contributed by atoms with Crippen molar-refractivity contribution in [3.63, 3.8) is 0 Å². The molecule has 2 aromatic carbocycles. The highest BCUT2D eigenvalue weighted by Gasteiger charge is 2.12. The zero-order valence-corrected chi connectivity index (χ0v) is 12.4. The topological polar surface area (TPSA) is 97.8 Å². The van der Waals surface area contributed by atoms with Gasteiger partial charge in [-0.3, -0.25) is 9.89 Å². The van der Waals surface area contributed by atoms with Gasteiger partial charge in [-0.05, 0) is 24.3 Å². The van der Waals surface area contributed by atoms with Crippen LogP contribution in [-0.4, -0.2) is 16.9 Å². The predicted molar refractivity (Wildman–Crippen MR) is 88.0 cm³/mol. The first-order valence-electron chi connectivity index (χ1n) is 6.91. The second kappa shape index (κ2) is 6.18. The van der Waals surface area contributed by atoms with E-state index in [9.17, 15) is 4.79 Å². The number of methoxy groups -OCH3 is 1. The Bertz CT molecular complexity index is 896. The van der Waals surface area contributed by atoms with Crippen LogP contribution in [0.15, 0.2) is 69.6 Å². The normalized spacial score (nSPS) is 11.0. The fraction of sp³-hybridized carbons (Fsp3) is 0.0625. The lowest BCUT2D eigenvalue weighted by atomic mass is 10.3. The van der Waals surface area contributed by atoms with Crippen LogP contribution in [0.25, 0.3) is 5.69 Å². The molecule has 3 N–H and O–H groups in total. The molecular weight excluding hydrogens is 294 g/mol. The van der Waals surface area contributed by atoms with Crippen molar-refractivity contribution in [3.8, 4) is 11.4 Å². The molecule has 0 aliphatic heterocycles. The van der Waals surface area contributed by atoms with Crippen molar-refractivity contribution in [1.82, 2.24) is 9.78 Å². The summed E-state index contributed by atoms with van der Waals surface area (Å²) in [7, 11) is 1.57. The van der Waals surface area contributed by atoms with E-state index in [4.69, 9.17) is 10.5 Å². The standard InChI is InChI=1S/C16H15N5O2/c1-23-13-9-5-6-11(10-13)18-19-14-15(17)21(20-16(14)22)12-7-3-2-4-8-12/h2-10H,17H2,1H3,(H,20,22). The van der Waals surface area contributed by atoms with Crippen LogP contribution < -0.4 is 16.0 Å². The minimum atomic E-state index is -0.405. The molecule has 0 fully saturated rings. The van der Waals surface area contributed by atoms with Crippen LogP contribution in [0.4, 0.5) is 17.2 Å². The number of hydrogen-bond acceptors (Lipinski definition) is 5. The lowest BCUT2D eigenvalue weighted by Crippen LogP contribution is -2.04. The average Bonchev–Trinajstić information content (AvgIpc) is 2.88. The van der Waals surface area contributed by atoms with Gasteiger partial charge in [0.1, 0.15) is 5.75 Å². The highest BCUT2D eigenvalue weighted by Crippen LogP contribution is 2.24. The monoisotopic (exact) mass is 309 g/mol. The first kappa shape index (κ1) is 14.6. The molecule has 0 aliphatic carbocycles. The molecule has 3 aromatic rings. The number of aromatic nitrogens is 2. The predicted octanol–water partition coefficient (Wildman–Crippen LogP) is 3.17. The fourth-order valence-corrected chi connectivity index (χ4v) is 2.09. The van der Waals surface area contributed by atoms with Crippen LogP contribution in [0.1, 0.15) is 0 Å². The smallest absolute Gasteiger partial charge is 0.294 e. The second-order valence-electron chi connectivity index (χ2n) is 4.75. The molecule has 1 aromatic heterocycles. The molecule has 7 nitrogen and oxygen atoms in total. The number of ether oxygens (including phenoxy) is 1. The van der Waals surface area contributed by atoms with E-state index in [2.05, 4.69) is 15.3 Å². The molecule has 0 spiro atoms. The summed E-state index contributed by atoms with van der Waals surface area (Å²) in [4.78, 5) is 12.0. The summed E-state index contributed by atoms with van der Waals surface area (Å²) in [6, 6.07) is 16.3. The maximum absolute atomic E-state index is 12.0. The van der Waals surface area contributed by atoms with Crippen LogP contribution >= 0.6 is 0 Å². The van der Waals surface area contributed by atoms with E-state index >= 15 is 0 Å². The third kappa shape index (κ3) is 2.98. The summed E-state index contributed by atoms with van der Waals surface area (Å²) in [6.45, 7) is 0. The number of azo groups is 1. The first-order valence-corrected chi connectivity index (χ1v) is 6.91. The number of rotatable bonds is 4. The van der Waals surface area contributed by atoms with Gasteiger partial charge in [0.25, 0.3) is 5.56 Å². The number of anilines is 1. The van der Waals surface area contributed by atoms with Gasteiger partial charge in [-0.25, -0.2) is 4.68 Å². The van der Waals surface area contributed by atoms with Gasteiger partial charge in [0.15, 0.2) is 11.5 Å². The molecule has 1 heterocycles. The SMILES string of the molecule is COc1cccc(N=Nc2c(N)n(-c3ccccc3)[nH]c2=O)c1. The fourth-order valence-electron chi connectivity index (χ4n) is 2.09. The maximum atomic E-state index is 12.0. The van der Waals surface area contributed by atoms with E-state index < -0.39 is 5.56 Å². The lowest BCUT2D eigenvalue weighted by molar-refractivity contribution is 0.415. The number of para-hydroxylation sites is 1. The Balaban J connectivity index is 1.96. The zero-order valence-electron chi connectivity index (χ0n) is 12.4. The molecule has 0 amide bonds. The van der Waals surface area contributed by atoms with Crippen molar-refractivity contribution in [2.45, 2.75) is 0 Å². The van der Waals surface area contributed by atoms with Crippen molar-refractivity contribution < 1.29 is 4.74 Å². The summed E-state index contributed by atoms with van der Waals surface area (Å²) in [5, 5.41) is 10.7. The molecular formula is C16H15N5O2. The molecule has 0 saturated heterocycles. The minimum Gasteiger partial charge on any atom is -0.497 e. The van der Waals surface area contributed by atoms with E-state index in [-0.39, 0.29) is 11.5 Å². The molecule has 23 heavy (non-hydrogen) atoms. The van der Waals surface area contributed by atoms with Crippen LogP contribution in [0.5, 0.6) is 5.75 Å². The summed E-state index contributed by atoms with van der Waals surface area (Å²) in [5.74, 6) is 0.859. The van der Waals surface area contributed by atoms with Crippen molar-refractivity contribution in [3.05, 3.63) is 65.0 Å². The van der Waals surface area contributed by atoms with E-state index in [1.165, 1.54) is 4.68 Å². The van der Waals surface area contributed by atoms with E-state index in [0.717, 1.165) is 5.69 Å². The molecule has 0 radical (unpaired) electrons. The van der Waals surface area contributed by atoms with Crippen LogP contribution in [-0.2, 0) is 0 Å². The first-order chi connectivity index (χ1) is 11.2. The van der Waals surface area contributed by atoms with Gasteiger partial charge in [0.05, 0.1) is 18.5 Å². The summed E-state index contributed by atoms with van der Waals surface area (Å²) < 4.78 is 6.59. The van der Waals surface area contributed by atoms with Gasteiger partial charge in [0.2, 0.25) is 0 Å². The number of aromatic amines is 1. The molecule has 3 rings (SSSR count). The Labute approximate surface area is 132 Å². The number of nitrogen functional groups attached to an aromatic ring is 1. The molecule has 0 bridgehead atoms. The van der Waals surface area contributed by atoms with E-state index in [1.54, 1.807) is 31.4 Å². The summed E-state index contributed by atoms with van der Waals surface area (Å²) in [5.41, 5.74) is 6.98. The zero-order chi connectivity index (χ0) is 16.2. The number of nitrogens with zero attached hydrogens (tertiary/aromatic N) is 3. The van der Waals surface area contributed by atoms with Crippen molar-refractivity contribution >= 4 is 17.2 Å². The van der Waals surface area contributed by atoms with Gasteiger partial charge >= 0.3 is 0 Å². The van der Waals surface area contributed by atoms with Gasteiger partial charge in [-0.15, -0.1) is 5.11 Å². The van der Waals surface area contributed by atoms with E-state index in [0.29, 0.717) is 11.4 Å². The molecule has 0 saturated carbocycles. The van der Waals surface area contributed by atoms with Gasteiger partial charge in [0, 0.05) is 6.07 Å². The van der Waals surface area contributed by atoms with E-state index in [1.807, 2.05) is 30.3 Å². The molecule has 116 valence electrons. The summed E-state index contributed by atoms with van der Waals surface area (Å²) in [6.07, 6.45) is 0. The number of nitrogens with two attached hydrogens (primary N) is 1. The molecule has 7 heteroatoms. The molecule has 0 atom stereocenters. The summed E-state index contributed by atoms with van der Waals surface area (Å²) >= 11 is 0. The van der Waals surface area contributed by atoms with Gasteiger partial charge in [-0.2, -0.15) is 5.11 Å². The van der Waals surface area contributed by atoms with Crippen molar-refractivity contribution in [2.24, 2.45) is 10.2 Å². The Morgan fingerprint density at radius 2 is 1.87 bits per heavy atom. The van der Waals surface area contributed by atoms with Crippen LogP contribution in [0, 0.1) is 0 Å². The average molecular weight is 309 g/mol. The van der Waals surface area contributed by atoms with Crippen molar-refractivity contribution in [2.75, 3.05) is 12.8 Å². The van der Waals surface area contributed by atoms with Crippen LogP contribution in [0.3, 0.4) is 0 Å². The molecule has 0 unspecified atom stereocenters. The Hall–Kier alpha value is -3.35. The lowest BCUT2D eigenvalue weighted by Gasteiger charge is -2.03. The highest BCUT2D eigenvalue weighted by molar-refractivity contribution is 5.60. The van der Waals surface area contributed by atoms with Gasteiger partial charge < -0.3 is 10.5 Å². The largest absolute Gasteiger partial charge is 0.497 e. The Morgan fingerprint density at radius 3 is 2.61 bits per heavy atom. The van der Waals surface area contributed by atoms with Crippen molar-refractivity contribution in [1.29, 1.82) is 0 Å². The number of nitrogens with one attached hydrogen (secondary N) is 1. The third-order valence-corrected chi connectivity index (χ3v) is 3.25. The maximum Gasteiger partial charge on any atom is 0.294 e. The number of hydrogen-bond donors (Lipinski definition) is 2. The molecule has 0 aliphatic rings. The van der Waals surface area contributed by atoms with Gasteiger partial charge in [-0.1, -0.05) is 24.3 Å². The van der Waals surface area contributed by atoms with Crippen LogP contribution in [0.2, 0.25) is 0 Å². The Morgan fingerprint density at radius 1 is 1.09 bits per heavy atom. The minimum absolute atomic E-state index is 0.0664. The third-order valence-electron chi connectivity index (χ3n) is 3.25. The Kier molecular flexibility index (Phi) is 3.92. The quantitative estimate of drug-likeness (QED) is 0.724. The number of benzene rings is 2.